The first-order chi connectivity index (χ1) is 7.42. The minimum absolute atomic E-state index is 0.220. The molecule has 3 heteroatoms. The van der Waals surface area contributed by atoms with Crippen LogP contribution in [0.2, 0.25) is 0 Å². The van der Waals surface area contributed by atoms with Gasteiger partial charge < -0.3 is 15.2 Å². The van der Waals surface area contributed by atoms with Gasteiger partial charge >= 0.3 is 0 Å². The summed E-state index contributed by atoms with van der Waals surface area (Å²) in [7, 11) is 1.66. The number of hydrogen-bond donors (Lipinski definition) is 2. The SMILES string of the molecule is COc1ccc([C@@H](C)NCC(C)(C)O)cc1. The molecular formula is C13H21NO2. The molecule has 1 atom stereocenters. The second kappa shape index (κ2) is 5.32. The van der Waals surface area contributed by atoms with Crippen LogP contribution < -0.4 is 10.1 Å². The largest absolute Gasteiger partial charge is 0.497 e. The van der Waals surface area contributed by atoms with Gasteiger partial charge in [-0.3, -0.25) is 0 Å². The Morgan fingerprint density at radius 3 is 2.31 bits per heavy atom. The van der Waals surface area contributed by atoms with E-state index in [0.717, 1.165) is 5.75 Å². The first-order valence-electron chi connectivity index (χ1n) is 5.52. The third-order valence-electron chi connectivity index (χ3n) is 2.46. The van der Waals surface area contributed by atoms with Crippen LogP contribution in [0, 0.1) is 0 Å². The Hall–Kier alpha value is -1.06. The lowest BCUT2D eigenvalue weighted by atomic mass is 10.1. The van der Waals surface area contributed by atoms with Crippen LogP contribution in [0.3, 0.4) is 0 Å². The van der Waals surface area contributed by atoms with Gasteiger partial charge in [0.2, 0.25) is 0 Å². The molecule has 1 aromatic carbocycles. The van der Waals surface area contributed by atoms with Crippen molar-refractivity contribution in [1.29, 1.82) is 0 Å². The van der Waals surface area contributed by atoms with Crippen molar-refractivity contribution in [2.75, 3.05) is 13.7 Å². The molecule has 0 heterocycles. The molecule has 16 heavy (non-hydrogen) atoms. The van der Waals surface area contributed by atoms with Gasteiger partial charge in [-0.2, -0.15) is 0 Å². The van der Waals surface area contributed by atoms with Crippen LogP contribution in [0.5, 0.6) is 5.75 Å². The molecule has 90 valence electrons. The van der Waals surface area contributed by atoms with Gasteiger partial charge in [-0.05, 0) is 38.5 Å². The summed E-state index contributed by atoms with van der Waals surface area (Å²) in [5.74, 6) is 0.860. The van der Waals surface area contributed by atoms with Crippen LogP contribution in [0.1, 0.15) is 32.4 Å². The highest BCUT2D eigenvalue weighted by Gasteiger charge is 2.14. The van der Waals surface area contributed by atoms with Gasteiger partial charge in [-0.15, -0.1) is 0 Å². The Kier molecular flexibility index (Phi) is 4.33. The Balaban J connectivity index is 2.56. The highest BCUT2D eigenvalue weighted by atomic mass is 16.5. The van der Waals surface area contributed by atoms with Crippen molar-refractivity contribution in [2.24, 2.45) is 0 Å². The number of aliphatic hydroxyl groups is 1. The molecule has 0 saturated heterocycles. The van der Waals surface area contributed by atoms with Gasteiger partial charge in [0.15, 0.2) is 0 Å². The number of nitrogens with one attached hydrogen (secondary N) is 1. The Morgan fingerprint density at radius 1 is 1.31 bits per heavy atom. The van der Waals surface area contributed by atoms with Crippen molar-refractivity contribution in [1.82, 2.24) is 5.32 Å². The molecule has 1 rings (SSSR count). The molecule has 0 aromatic heterocycles. The summed E-state index contributed by atoms with van der Waals surface area (Å²) >= 11 is 0. The second-order valence-electron chi connectivity index (χ2n) is 4.69. The number of ether oxygens (including phenoxy) is 1. The van der Waals surface area contributed by atoms with E-state index in [1.807, 2.05) is 24.3 Å². The lowest BCUT2D eigenvalue weighted by Crippen LogP contribution is -2.36. The maximum absolute atomic E-state index is 9.61. The quantitative estimate of drug-likeness (QED) is 0.803. The monoisotopic (exact) mass is 223 g/mol. The van der Waals surface area contributed by atoms with Crippen LogP contribution in [-0.2, 0) is 0 Å². The second-order valence-corrected chi connectivity index (χ2v) is 4.69. The average Bonchev–Trinajstić information content (AvgIpc) is 2.25. The number of benzene rings is 1. The van der Waals surface area contributed by atoms with Gasteiger partial charge in [-0.1, -0.05) is 12.1 Å². The molecule has 1 aromatic rings. The molecule has 0 aliphatic carbocycles. The Labute approximate surface area is 97.4 Å². The zero-order chi connectivity index (χ0) is 12.2. The zero-order valence-electron chi connectivity index (χ0n) is 10.4. The Morgan fingerprint density at radius 2 is 1.88 bits per heavy atom. The molecule has 3 nitrogen and oxygen atoms in total. The fraction of sp³-hybridized carbons (Fsp3) is 0.538. The van der Waals surface area contributed by atoms with E-state index in [1.165, 1.54) is 5.56 Å². The van der Waals surface area contributed by atoms with E-state index in [1.54, 1.807) is 21.0 Å². The number of methoxy groups -OCH3 is 1. The predicted molar refractivity (Wildman–Crippen MR) is 65.7 cm³/mol. The van der Waals surface area contributed by atoms with Gasteiger partial charge in [0.25, 0.3) is 0 Å². The third kappa shape index (κ3) is 4.21. The number of hydrogen-bond acceptors (Lipinski definition) is 3. The van der Waals surface area contributed by atoms with E-state index in [2.05, 4.69) is 12.2 Å². The summed E-state index contributed by atoms with van der Waals surface area (Å²) in [5, 5.41) is 12.9. The van der Waals surface area contributed by atoms with E-state index in [9.17, 15) is 5.11 Å². The normalized spacial score (nSPS) is 13.6. The molecule has 0 aliphatic rings. The molecule has 0 unspecified atom stereocenters. The molecule has 0 saturated carbocycles. The highest BCUT2D eigenvalue weighted by molar-refractivity contribution is 5.28. The third-order valence-corrected chi connectivity index (χ3v) is 2.46. The van der Waals surface area contributed by atoms with Gasteiger partial charge in [0.1, 0.15) is 5.75 Å². The van der Waals surface area contributed by atoms with Crippen molar-refractivity contribution >= 4 is 0 Å². The first-order valence-corrected chi connectivity index (χ1v) is 5.52. The average molecular weight is 223 g/mol. The van der Waals surface area contributed by atoms with E-state index < -0.39 is 5.60 Å². The van der Waals surface area contributed by atoms with E-state index >= 15 is 0 Å². The first kappa shape index (κ1) is 13.0. The predicted octanol–water partition coefficient (Wildman–Crippen LogP) is 2.12. The number of rotatable bonds is 5. The highest BCUT2D eigenvalue weighted by Crippen LogP contribution is 2.17. The van der Waals surface area contributed by atoms with Gasteiger partial charge in [0.05, 0.1) is 12.7 Å². The summed E-state index contributed by atoms with van der Waals surface area (Å²) in [6, 6.07) is 8.16. The fourth-order valence-corrected chi connectivity index (χ4v) is 1.41. The standard InChI is InChI=1S/C13H21NO2/c1-10(14-9-13(2,3)15)11-5-7-12(16-4)8-6-11/h5-8,10,14-15H,9H2,1-4H3/t10-/m1/s1. The summed E-state index contributed by atoms with van der Waals surface area (Å²) in [5.41, 5.74) is 0.505. The van der Waals surface area contributed by atoms with Crippen LogP contribution >= 0.6 is 0 Å². The van der Waals surface area contributed by atoms with Gasteiger partial charge in [0, 0.05) is 12.6 Å². The van der Waals surface area contributed by atoms with Crippen LogP contribution in [0.15, 0.2) is 24.3 Å². The molecule has 0 bridgehead atoms. The minimum Gasteiger partial charge on any atom is -0.497 e. The summed E-state index contributed by atoms with van der Waals surface area (Å²) in [6.45, 7) is 6.23. The Bertz CT molecular complexity index is 314. The zero-order valence-corrected chi connectivity index (χ0v) is 10.4. The van der Waals surface area contributed by atoms with Crippen molar-refractivity contribution in [3.63, 3.8) is 0 Å². The van der Waals surface area contributed by atoms with Crippen LogP contribution in [0.25, 0.3) is 0 Å². The maximum Gasteiger partial charge on any atom is 0.118 e. The van der Waals surface area contributed by atoms with Crippen LogP contribution in [0.4, 0.5) is 0 Å². The summed E-state index contributed by atoms with van der Waals surface area (Å²) in [6.07, 6.45) is 0. The molecule has 0 spiro atoms. The summed E-state index contributed by atoms with van der Waals surface area (Å²) in [4.78, 5) is 0. The fourth-order valence-electron chi connectivity index (χ4n) is 1.41. The topological polar surface area (TPSA) is 41.5 Å². The summed E-state index contributed by atoms with van der Waals surface area (Å²) < 4.78 is 5.10. The molecule has 0 aliphatic heterocycles. The van der Waals surface area contributed by atoms with Crippen LogP contribution in [-0.4, -0.2) is 24.4 Å². The van der Waals surface area contributed by atoms with Crippen molar-refractivity contribution in [2.45, 2.75) is 32.4 Å². The van der Waals surface area contributed by atoms with E-state index in [0.29, 0.717) is 6.54 Å². The van der Waals surface area contributed by atoms with E-state index in [4.69, 9.17) is 4.74 Å². The van der Waals surface area contributed by atoms with E-state index in [-0.39, 0.29) is 6.04 Å². The van der Waals surface area contributed by atoms with Crippen molar-refractivity contribution < 1.29 is 9.84 Å². The van der Waals surface area contributed by atoms with Crippen molar-refractivity contribution in [3.05, 3.63) is 29.8 Å². The molecular weight excluding hydrogens is 202 g/mol. The molecule has 0 fully saturated rings. The molecule has 0 radical (unpaired) electrons. The molecule has 0 amide bonds. The van der Waals surface area contributed by atoms with Crippen molar-refractivity contribution in [3.8, 4) is 5.75 Å². The lowest BCUT2D eigenvalue weighted by Gasteiger charge is -2.22. The maximum atomic E-state index is 9.61. The molecule has 2 N–H and O–H groups in total. The smallest absolute Gasteiger partial charge is 0.118 e. The minimum atomic E-state index is -0.680. The van der Waals surface area contributed by atoms with Gasteiger partial charge in [-0.25, -0.2) is 0 Å². The lowest BCUT2D eigenvalue weighted by molar-refractivity contribution is 0.0770.